The maximum Gasteiger partial charge on any atom is 0.205 e. The van der Waals surface area contributed by atoms with E-state index in [9.17, 15) is 0 Å². The molecular weight excluding hydrogens is 206 g/mol. The summed E-state index contributed by atoms with van der Waals surface area (Å²) in [6, 6.07) is 0.550. The van der Waals surface area contributed by atoms with Gasteiger partial charge in [0.05, 0.1) is 7.11 Å². The number of nitrogens with zero attached hydrogens (tertiary/aromatic N) is 3. The SMILES string of the molecule is COc1c(NN)ncnc1N(C)C1CCC1. The van der Waals surface area contributed by atoms with Gasteiger partial charge in [-0.05, 0) is 19.3 Å². The molecule has 3 N–H and O–H groups in total. The topological polar surface area (TPSA) is 76.3 Å². The van der Waals surface area contributed by atoms with Gasteiger partial charge in [-0.25, -0.2) is 15.8 Å². The molecular formula is C10H17N5O. The second kappa shape index (κ2) is 4.52. The third kappa shape index (κ3) is 1.76. The Morgan fingerprint density at radius 2 is 2.25 bits per heavy atom. The lowest BCUT2D eigenvalue weighted by atomic mass is 9.92. The van der Waals surface area contributed by atoms with Crippen LogP contribution in [-0.4, -0.2) is 30.2 Å². The maximum atomic E-state index is 5.38. The second-order valence-corrected chi connectivity index (χ2v) is 3.92. The van der Waals surface area contributed by atoms with Crippen LogP contribution in [0.4, 0.5) is 11.6 Å². The standard InChI is InChI=1S/C10H17N5O/c1-15(7-4-3-5-7)10-8(16-2)9(14-11)12-6-13-10/h6-7H,3-5,11H2,1-2H3,(H,12,13,14). The highest BCUT2D eigenvalue weighted by molar-refractivity contribution is 5.64. The van der Waals surface area contributed by atoms with Crippen LogP contribution in [-0.2, 0) is 0 Å². The predicted octanol–water partition coefficient (Wildman–Crippen LogP) is 0.759. The molecule has 16 heavy (non-hydrogen) atoms. The smallest absolute Gasteiger partial charge is 0.205 e. The molecule has 1 aromatic heterocycles. The van der Waals surface area contributed by atoms with Gasteiger partial charge in [0.15, 0.2) is 11.6 Å². The molecule has 0 spiro atoms. The van der Waals surface area contributed by atoms with Crippen molar-refractivity contribution in [2.45, 2.75) is 25.3 Å². The average Bonchev–Trinajstić information content (AvgIpc) is 2.25. The summed E-state index contributed by atoms with van der Waals surface area (Å²) < 4.78 is 5.30. The zero-order chi connectivity index (χ0) is 11.5. The molecule has 1 aromatic rings. The third-order valence-corrected chi connectivity index (χ3v) is 3.08. The molecule has 1 saturated carbocycles. The molecule has 88 valence electrons. The number of methoxy groups -OCH3 is 1. The number of hydrogen-bond acceptors (Lipinski definition) is 6. The van der Waals surface area contributed by atoms with Crippen LogP contribution in [0.1, 0.15) is 19.3 Å². The van der Waals surface area contributed by atoms with Crippen LogP contribution in [0.5, 0.6) is 5.75 Å². The molecule has 0 amide bonds. The molecule has 0 atom stereocenters. The van der Waals surface area contributed by atoms with Gasteiger partial charge in [-0.3, -0.25) is 0 Å². The molecule has 1 aliphatic rings. The summed E-state index contributed by atoms with van der Waals surface area (Å²) in [6.45, 7) is 0. The number of hydrogen-bond donors (Lipinski definition) is 2. The van der Waals surface area contributed by atoms with Gasteiger partial charge in [-0.15, -0.1) is 0 Å². The van der Waals surface area contributed by atoms with E-state index in [1.165, 1.54) is 25.6 Å². The molecule has 0 radical (unpaired) electrons. The van der Waals surface area contributed by atoms with Gasteiger partial charge in [0.2, 0.25) is 5.75 Å². The first-order valence-electron chi connectivity index (χ1n) is 5.36. The summed E-state index contributed by atoms with van der Waals surface area (Å²) in [7, 11) is 3.62. The Bertz CT molecular complexity index is 366. The van der Waals surface area contributed by atoms with Crippen molar-refractivity contribution in [3.8, 4) is 5.75 Å². The first-order chi connectivity index (χ1) is 7.77. The van der Waals surface area contributed by atoms with Crippen molar-refractivity contribution in [3.63, 3.8) is 0 Å². The summed E-state index contributed by atoms with van der Waals surface area (Å²) in [6.07, 6.45) is 5.18. The highest BCUT2D eigenvalue weighted by atomic mass is 16.5. The predicted molar refractivity (Wildman–Crippen MR) is 62.4 cm³/mol. The number of hydrazine groups is 1. The summed E-state index contributed by atoms with van der Waals surface area (Å²) >= 11 is 0. The Hall–Kier alpha value is -1.56. The van der Waals surface area contributed by atoms with Crippen LogP contribution in [0.15, 0.2) is 6.33 Å². The van der Waals surface area contributed by atoms with E-state index in [2.05, 4.69) is 20.3 Å². The molecule has 0 aliphatic heterocycles. The Morgan fingerprint density at radius 1 is 1.50 bits per heavy atom. The minimum atomic E-state index is 0.513. The van der Waals surface area contributed by atoms with E-state index in [-0.39, 0.29) is 0 Å². The summed E-state index contributed by atoms with van der Waals surface area (Å²) in [5, 5.41) is 0. The van der Waals surface area contributed by atoms with E-state index >= 15 is 0 Å². The first-order valence-corrected chi connectivity index (χ1v) is 5.36. The largest absolute Gasteiger partial charge is 0.490 e. The van der Waals surface area contributed by atoms with Crippen LogP contribution in [0.3, 0.4) is 0 Å². The lowest BCUT2D eigenvalue weighted by Crippen LogP contribution is -2.38. The molecule has 0 bridgehead atoms. The van der Waals surface area contributed by atoms with E-state index in [0.29, 0.717) is 17.6 Å². The van der Waals surface area contributed by atoms with Gasteiger partial charge in [-0.1, -0.05) is 0 Å². The number of nitrogens with two attached hydrogens (primary N) is 1. The number of rotatable bonds is 4. The molecule has 2 rings (SSSR count). The van der Waals surface area contributed by atoms with Crippen LogP contribution in [0.25, 0.3) is 0 Å². The van der Waals surface area contributed by atoms with Crippen molar-refractivity contribution in [1.82, 2.24) is 9.97 Å². The Morgan fingerprint density at radius 3 is 2.75 bits per heavy atom. The second-order valence-electron chi connectivity index (χ2n) is 3.92. The molecule has 1 fully saturated rings. The fraction of sp³-hybridized carbons (Fsp3) is 0.600. The average molecular weight is 223 g/mol. The van der Waals surface area contributed by atoms with E-state index < -0.39 is 0 Å². The Labute approximate surface area is 94.8 Å². The van der Waals surface area contributed by atoms with Crippen molar-refractivity contribution in [3.05, 3.63) is 6.33 Å². The summed E-state index contributed by atoms with van der Waals surface area (Å²) in [5.41, 5.74) is 2.51. The lowest BCUT2D eigenvalue weighted by molar-refractivity contribution is 0.383. The molecule has 1 aliphatic carbocycles. The lowest BCUT2D eigenvalue weighted by Gasteiger charge is -2.36. The van der Waals surface area contributed by atoms with Gasteiger partial charge < -0.3 is 15.1 Å². The first kappa shape index (κ1) is 10.9. The van der Waals surface area contributed by atoms with Crippen molar-refractivity contribution in [2.75, 3.05) is 24.5 Å². The number of aromatic nitrogens is 2. The van der Waals surface area contributed by atoms with Crippen molar-refractivity contribution in [1.29, 1.82) is 0 Å². The quantitative estimate of drug-likeness (QED) is 0.579. The maximum absolute atomic E-state index is 5.38. The minimum absolute atomic E-state index is 0.513. The van der Waals surface area contributed by atoms with Gasteiger partial charge >= 0.3 is 0 Å². The van der Waals surface area contributed by atoms with Crippen molar-refractivity contribution in [2.24, 2.45) is 5.84 Å². The fourth-order valence-electron chi connectivity index (χ4n) is 1.85. The highest BCUT2D eigenvalue weighted by Crippen LogP contribution is 2.35. The zero-order valence-corrected chi connectivity index (χ0v) is 9.60. The van der Waals surface area contributed by atoms with Crippen LogP contribution < -0.4 is 20.9 Å². The number of nitrogen functional groups attached to an aromatic ring is 1. The minimum Gasteiger partial charge on any atom is -0.490 e. The highest BCUT2D eigenvalue weighted by Gasteiger charge is 2.26. The zero-order valence-electron chi connectivity index (χ0n) is 9.60. The van der Waals surface area contributed by atoms with E-state index in [0.717, 1.165) is 5.82 Å². The molecule has 6 nitrogen and oxygen atoms in total. The normalized spacial score (nSPS) is 15.4. The number of nitrogens with one attached hydrogen (secondary N) is 1. The third-order valence-electron chi connectivity index (χ3n) is 3.08. The van der Waals surface area contributed by atoms with E-state index in [1.54, 1.807) is 7.11 Å². The number of ether oxygens (including phenoxy) is 1. The van der Waals surface area contributed by atoms with Crippen molar-refractivity contribution >= 4 is 11.6 Å². The fourth-order valence-corrected chi connectivity index (χ4v) is 1.85. The summed E-state index contributed by atoms with van der Waals surface area (Å²) in [4.78, 5) is 10.4. The summed E-state index contributed by atoms with van der Waals surface area (Å²) in [5.74, 6) is 7.28. The Balaban J connectivity index is 2.30. The van der Waals surface area contributed by atoms with Gasteiger partial charge in [-0.2, -0.15) is 0 Å². The van der Waals surface area contributed by atoms with Crippen LogP contribution in [0, 0.1) is 0 Å². The van der Waals surface area contributed by atoms with Gasteiger partial charge in [0, 0.05) is 13.1 Å². The molecule has 1 heterocycles. The monoisotopic (exact) mass is 223 g/mol. The Kier molecular flexibility index (Phi) is 3.09. The molecule has 0 saturated heterocycles. The van der Waals surface area contributed by atoms with Crippen molar-refractivity contribution < 1.29 is 4.74 Å². The van der Waals surface area contributed by atoms with E-state index in [1.807, 2.05) is 7.05 Å². The van der Waals surface area contributed by atoms with Gasteiger partial charge in [0.1, 0.15) is 6.33 Å². The van der Waals surface area contributed by atoms with E-state index in [4.69, 9.17) is 10.6 Å². The number of anilines is 2. The molecule has 0 unspecified atom stereocenters. The van der Waals surface area contributed by atoms with Gasteiger partial charge in [0.25, 0.3) is 0 Å². The van der Waals surface area contributed by atoms with Crippen LogP contribution in [0.2, 0.25) is 0 Å². The molecule has 6 heteroatoms. The van der Waals surface area contributed by atoms with Crippen LogP contribution >= 0.6 is 0 Å². The molecule has 0 aromatic carbocycles.